The average Bonchev–Trinajstić information content (AvgIpc) is 2.89. The lowest BCUT2D eigenvalue weighted by Crippen LogP contribution is -2.04. The molecule has 5 aromatic carbocycles. The zero-order chi connectivity index (χ0) is 24.0. The molecule has 2 N–H and O–H groups in total. The molecule has 0 heterocycles. The van der Waals surface area contributed by atoms with E-state index in [9.17, 15) is 10.2 Å². The number of phenolic OH excluding ortho intramolecular Hbond substituents is 2. The molecule has 0 unspecified atom stereocenters. The van der Waals surface area contributed by atoms with Gasteiger partial charge in [-0.1, -0.05) is 41.7 Å². The number of rotatable bonds is 7. The maximum absolute atomic E-state index is 9.75. The second-order valence-corrected chi connectivity index (χ2v) is 12.1. The van der Waals surface area contributed by atoms with Crippen LogP contribution in [0, 0.1) is 0 Å². The van der Waals surface area contributed by atoms with Crippen LogP contribution in [0.4, 0.5) is 0 Å². The molecule has 35 heavy (non-hydrogen) atoms. The second-order valence-electron chi connectivity index (χ2n) is 7.75. The van der Waals surface area contributed by atoms with E-state index < -0.39 is 0 Å². The van der Waals surface area contributed by atoms with E-state index in [1.165, 1.54) is 24.5 Å². The van der Waals surface area contributed by atoms with Crippen molar-refractivity contribution >= 4 is 34.4 Å². The number of aromatic hydroxyl groups is 2. The van der Waals surface area contributed by atoms with Gasteiger partial charge in [0.15, 0.2) is 14.7 Å². The van der Waals surface area contributed by atoms with Crippen molar-refractivity contribution in [2.45, 2.75) is 34.3 Å². The van der Waals surface area contributed by atoms with Gasteiger partial charge in [0, 0.05) is 19.6 Å². The van der Waals surface area contributed by atoms with Crippen LogP contribution in [0.3, 0.4) is 0 Å². The van der Waals surface area contributed by atoms with Gasteiger partial charge in [0.1, 0.15) is 11.5 Å². The summed E-state index contributed by atoms with van der Waals surface area (Å²) >= 11 is 3.51. The van der Waals surface area contributed by atoms with Crippen LogP contribution >= 0.6 is 23.5 Å². The van der Waals surface area contributed by atoms with Crippen molar-refractivity contribution in [3.8, 4) is 11.5 Å². The van der Waals surface area contributed by atoms with Gasteiger partial charge in [-0.15, -0.1) is 0 Å². The summed E-state index contributed by atoms with van der Waals surface area (Å²) < 4.78 is 0. The third kappa shape index (κ3) is 6.06. The molecule has 0 saturated heterocycles. The highest BCUT2D eigenvalue weighted by atomic mass is 32.2. The minimum atomic E-state index is -0.343. The first-order chi connectivity index (χ1) is 17.1. The van der Waals surface area contributed by atoms with Crippen LogP contribution in [-0.2, 0) is 10.9 Å². The van der Waals surface area contributed by atoms with Gasteiger partial charge in [-0.05, 0) is 109 Å². The Morgan fingerprint density at radius 2 is 0.686 bits per heavy atom. The zero-order valence-electron chi connectivity index (χ0n) is 18.7. The first kappa shape index (κ1) is 23.5. The summed E-state index contributed by atoms with van der Waals surface area (Å²) in [5.74, 6) is 0.505. The summed E-state index contributed by atoms with van der Waals surface area (Å²) in [5, 5.41) is 19.5. The molecule has 0 radical (unpaired) electrons. The summed E-state index contributed by atoms with van der Waals surface area (Å²) in [6.07, 6.45) is 0. The van der Waals surface area contributed by atoms with Crippen LogP contribution in [0.15, 0.2) is 162 Å². The van der Waals surface area contributed by atoms with Crippen LogP contribution in [0.1, 0.15) is 0 Å². The normalized spacial score (nSPS) is 11.0. The predicted molar refractivity (Wildman–Crippen MR) is 146 cm³/mol. The highest BCUT2D eigenvalue weighted by molar-refractivity contribution is 8.00. The van der Waals surface area contributed by atoms with Gasteiger partial charge in [-0.2, -0.15) is 0 Å². The van der Waals surface area contributed by atoms with Gasteiger partial charge < -0.3 is 10.2 Å². The minimum Gasteiger partial charge on any atom is -0.508 e. The molecular weight excluding hydrogens is 489 g/mol. The van der Waals surface area contributed by atoms with Crippen LogP contribution in [0.2, 0.25) is 0 Å². The van der Waals surface area contributed by atoms with Crippen molar-refractivity contribution in [3.05, 3.63) is 127 Å². The molecule has 0 aliphatic rings. The number of phenols is 2. The number of hydrogen-bond acceptors (Lipinski definition) is 4. The van der Waals surface area contributed by atoms with E-state index in [2.05, 4.69) is 72.8 Å². The number of benzene rings is 5. The van der Waals surface area contributed by atoms with Crippen LogP contribution in [0.25, 0.3) is 0 Å². The smallest absolute Gasteiger partial charge is 0.166 e. The Bertz CT molecular complexity index is 1320. The lowest BCUT2D eigenvalue weighted by atomic mass is 10.3. The molecular formula is C30H23O2S3+. The van der Waals surface area contributed by atoms with Crippen molar-refractivity contribution in [2.24, 2.45) is 0 Å². The van der Waals surface area contributed by atoms with Gasteiger partial charge in [0.05, 0.1) is 10.9 Å². The van der Waals surface area contributed by atoms with Gasteiger partial charge in [0.2, 0.25) is 0 Å². The highest BCUT2D eigenvalue weighted by Gasteiger charge is 2.28. The molecule has 0 spiro atoms. The van der Waals surface area contributed by atoms with E-state index in [0.717, 1.165) is 9.79 Å². The molecule has 0 aromatic heterocycles. The lowest BCUT2D eigenvalue weighted by Gasteiger charge is -2.09. The third-order valence-electron chi connectivity index (χ3n) is 5.24. The maximum Gasteiger partial charge on any atom is 0.166 e. The molecule has 2 nitrogen and oxygen atoms in total. The second kappa shape index (κ2) is 11.0. The molecule has 0 saturated carbocycles. The van der Waals surface area contributed by atoms with Gasteiger partial charge >= 0.3 is 0 Å². The molecule has 0 amide bonds. The van der Waals surface area contributed by atoms with Gasteiger partial charge in [-0.25, -0.2) is 0 Å². The van der Waals surface area contributed by atoms with E-state index >= 15 is 0 Å². The van der Waals surface area contributed by atoms with E-state index in [0.29, 0.717) is 0 Å². The lowest BCUT2D eigenvalue weighted by molar-refractivity contribution is 0.474. The van der Waals surface area contributed by atoms with E-state index in [1.54, 1.807) is 47.8 Å². The number of hydrogen-bond donors (Lipinski definition) is 2. The largest absolute Gasteiger partial charge is 0.508 e. The summed E-state index contributed by atoms with van der Waals surface area (Å²) in [7, 11) is -0.343. The molecule has 0 fully saturated rings. The van der Waals surface area contributed by atoms with Crippen LogP contribution in [-0.4, -0.2) is 10.2 Å². The van der Waals surface area contributed by atoms with Crippen molar-refractivity contribution in [2.75, 3.05) is 0 Å². The summed E-state index contributed by atoms with van der Waals surface area (Å²) in [6.45, 7) is 0. The van der Waals surface area contributed by atoms with Crippen molar-refractivity contribution in [3.63, 3.8) is 0 Å². The van der Waals surface area contributed by atoms with E-state index in [4.69, 9.17) is 0 Å². The molecule has 172 valence electrons. The SMILES string of the molecule is Oc1ccc([S+](c2ccc(O)cc2)c2ccc(Sc3ccc(Sc4ccccc4)cc3)cc2)cc1. The van der Waals surface area contributed by atoms with Crippen molar-refractivity contribution in [1.29, 1.82) is 0 Å². The fourth-order valence-corrected chi connectivity index (χ4v) is 7.25. The molecule has 0 bridgehead atoms. The average molecular weight is 512 g/mol. The molecule has 0 aliphatic heterocycles. The Morgan fingerprint density at radius 1 is 0.371 bits per heavy atom. The fourth-order valence-electron chi connectivity index (χ4n) is 3.55. The first-order valence-electron chi connectivity index (χ1n) is 11.1. The van der Waals surface area contributed by atoms with Crippen molar-refractivity contribution in [1.82, 2.24) is 0 Å². The topological polar surface area (TPSA) is 40.5 Å². The van der Waals surface area contributed by atoms with E-state index in [-0.39, 0.29) is 22.4 Å². The minimum absolute atomic E-state index is 0.253. The molecule has 5 heteroatoms. The summed E-state index contributed by atoms with van der Waals surface area (Å²) in [6, 6.07) is 42.5. The Kier molecular flexibility index (Phi) is 7.38. The van der Waals surface area contributed by atoms with Crippen LogP contribution < -0.4 is 0 Å². The summed E-state index contributed by atoms with van der Waals surface area (Å²) in [5.41, 5.74) is 0. The Morgan fingerprint density at radius 3 is 1.09 bits per heavy atom. The van der Waals surface area contributed by atoms with E-state index in [1.807, 2.05) is 30.3 Å². The Hall–Kier alpha value is -3.25. The molecule has 0 atom stereocenters. The monoisotopic (exact) mass is 511 g/mol. The highest BCUT2D eigenvalue weighted by Crippen LogP contribution is 2.36. The maximum atomic E-state index is 9.75. The Balaban J connectivity index is 1.34. The molecule has 5 rings (SSSR count). The molecule has 5 aromatic rings. The first-order valence-corrected chi connectivity index (χ1v) is 13.9. The third-order valence-corrected chi connectivity index (χ3v) is 9.50. The fraction of sp³-hybridized carbons (Fsp3) is 0. The zero-order valence-corrected chi connectivity index (χ0v) is 21.2. The quantitative estimate of drug-likeness (QED) is 0.215. The molecule has 0 aliphatic carbocycles. The summed E-state index contributed by atoms with van der Waals surface area (Å²) in [4.78, 5) is 8.24. The Labute approximate surface area is 217 Å². The van der Waals surface area contributed by atoms with Crippen molar-refractivity contribution < 1.29 is 10.2 Å². The standard InChI is InChI=1S/C30H22O2S3/c31-22-6-16-28(17-7-22)35(29-18-8-23(32)9-19-29)30-20-14-27(15-21-30)34-26-12-10-25(11-13-26)33-24-4-2-1-3-5-24/h1-21H,(H-,31,32)/p+1. The predicted octanol–water partition coefficient (Wildman–Crippen LogP) is 8.50. The van der Waals surface area contributed by atoms with Crippen LogP contribution in [0.5, 0.6) is 11.5 Å². The van der Waals surface area contributed by atoms with Gasteiger partial charge in [-0.3, -0.25) is 0 Å². The van der Waals surface area contributed by atoms with Gasteiger partial charge in [0.25, 0.3) is 0 Å².